The lowest BCUT2D eigenvalue weighted by molar-refractivity contribution is 0.0711. The van der Waals surface area contributed by atoms with E-state index in [2.05, 4.69) is 0 Å². The molecule has 1 aromatic rings. The quantitative estimate of drug-likeness (QED) is 0.789. The first-order chi connectivity index (χ1) is 8.09. The van der Waals surface area contributed by atoms with Crippen LogP contribution in [0.1, 0.15) is 16.8 Å². The summed E-state index contributed by atoms with van der Waals surface area (Å²) in [5.41, 5.74) is 5.73. The molecule has 17 heavy (non-hydrogen) atoms. The zero-order valence-corrected chi connectivity index (χ0v) is 9.65. The molecule has 0 radical (unpaired) electrons. The number of hydrogen-bond acceptors (Lipinski definition) is 3. The summed E-state index contributed by atoms with van der Waals surface area (Å²) in [5.74, 6) is -0.772. The van der Waals surface area contributed by atoms with Crippen molar-refractivity contribution in [3.63, 3.8) is 0 Å². The Hall–Kier alpha value is -1.62. The highest BCUT2D eigenvalue weighted by Gasteiger charge is 2.25. The summed E-state index contributed by atoms with van der Waals surface area (Å²) in [6.45, 7) is 1.21. The van der Waals surface area contributed by atoms with Gasteiger partial charge in [0.15, 0.2) is 0 Å². The summed E-state index contributed by atoms with van der Waals surface area (Å²) < 4.78 is 18.5. The first kappa shape index (κ1) is 11.9. The van der Waals surface area contributed by atoms with E-state index in [1.165, 1.54) is 18.2 Å². The van der Waals surface area contributed by atoms with Gasteiger partial charge in [-0.1, -0.05) is 0 Å². The van der Waals surface area contributed by atoms with Gasteiger partial charge in [-0.2, -0.15) is 0 Å². The summed E-state index contributed by atoms with van der Waals surface area (Å²) in [6.07, 6.45) is 0.819. The van der Waals surface area contributed by atoms with Crippen molar-refractivity contribution in [1.82, 2.24) is 4.90 Å². The average molecular weight is 238 g/mol. The highest BCUT2D eigenvalue weighted by molar-refractivity contribution is 5.94. The van der Waals surface area contributed by atoms with E-state index >= 15 is 0 Å². The molecular weight excluding hydrogens is 223 g/mol. The Morgan fingerprint density at radius 1 is 1.59 bits per heavy atom. The van der Waals surface area contributed by atoms with Gasteiger partial charge in [0.05, 0.1) is 18.3 Å². The summed E-state index contributed by atoms with van der Waals surface area (Å²) in [4.78, 5) is 13.7. The van der Waals surface area contributed by atoms with Crippen LogP contribution in [-0.2, 0) is 4.74 Å². The average Bonchev–Trinajstić information content (AvgIpc) is 2.84. The molecule has 5 heteroatoms. The Morgan fingerprint density at radius 2 is 2.35 bits per heavy atom. The fourth-order valence-electron chi connectivity index (χ4n) is 1.86. The number of amides is 1. The van der Waals surface area contributed by atoms with Gasteiger partial charge >= 0.3 is 0 Å². The maximum absolute atomic E-state index is 13.3. The molecule has 2 N–H and O–H groups in total. The first-order valence-electron chi connectivity index (χ1n) is 5.49. The van der Waals surface area contributed by atoms with E-state index in [-0.39, 0.29) is 17.6 Å². The molecule has 4 nitrogen and oxygen atoms in total. The second-order valence-corrected chi connectivity index (χ2v) is 4.17. The van der Waals surface area contributed by atoms with E-state index in [0.717, 1.165) is 6.42 Å². The van der Waals surface area contributed by atoms with Crippen molar-refractivity contribution in [2.75, 3.05) is 26.0 Å². The topological polar surface area (TPSA) is 55.6 Å². The van der Waals surface area contributed by atoms with Crippen molar-refractivity contribution in [3.8, 4) is 0 Å². The van der Waals surface area contributed by atoms with Crippen LogP contribution < -0.4 is 5.73 Å². The van der Waals surface area contributed by atoms with Crippen LogP contribution in [0.15, 0.2) is 18.2 Å². The van der Waals surface area contributed by atoms with Crippen LogP contribution in [0.5, 0.6) is 0 Å². The standard InChI is InChI=1S/C12H15FN2O2/c1-15(9-4-5-17-7-9)12(16)8-2-3-11(14)10(13)6-8/h2-3,6,9H,4-5,7,14H2,1H3. The second kappa shape index (κ2) is 4.71. The van der Waals surface area contributed by atoms with Crippen molar-refractivity contribution >= 4 is 11.6 Å². The monoisotopic (exact) mass is 238 g/mol. The predicted molar refractivity (Wildman–Crippen MR) is 62.1 cm³/mol. The van der Waals surface area contributed by atoms with Crippen LogP contribution in [0.3, 0.4) is 0 Å². The lowest BCUT2D eigenvalue weighted by atomic mass is 10.1. The Bertz CT molecular complexity index is 431. The van der Waals surface area contributed by atoms with Gasteiger partial charge in [-0.15, -0.1) is 0 Å². The molecule has 1 aromatic carbocycles. The van der Waals surface area contributed by atoms with E-state index in [1.807, 2.05) is 0 Å². The third-order valence-corrected chi connectivity index (χ3v) is 3.02. The number of hydrogen-bond donors (Lipinski definition) is 1. The number of carbonyl (C=O) groups excluding carboxylic acids is 1. The minimum Gasteiger partial charge on any atom is -0.396 e. The lowest BCUT2D eigenvalue weighted by Crippen LogP contribution is -2.37. The van der Waals surface area contributed by atoms with Crippen LogP contribution in [0.4, 0.5) is 10.1 Å². The van der Waals surface area contributed by atoms with E-state index < -0.39 is 5.82 Å². The van der Waals surface area contributed by atoms with Crippen LogP contribution >= 0.6 is 0 Å². The summed E-state index contributed by atoms with van der Waals surface area (Å²) in [5, 5.41) is 0. The molecule has 0 saturated carbocycles. The number of rotatable bonds is 2. The molecule has 92 valence electrons. The van der Waals surface area contributed by atoms with Crippen molar-refractivity contribution in [1.29, 1.82) is 0 Å². The van der Waals surface area contributed by atoms with Crippen molar-refractivity contribution < 1.29 is 13.9 Å². The fraction of sp³-hybridized carbons (Fsp3) is 0.417. The number of halogens is 1. The van der Waals surface area contributed by atoms with Crippen LogP contribution in [-0.4, -0.2) is 37.1 Å². The van der Waals surface area contributed by atoms with E-state index in [4.69, 9.17) is 10.5 Å². The van der Waals surface area contributed by atoms with Crippen molar-refractivity contribution in [3.05, 3.63) is 29.6 Å². The summed E-state index contributed by atoms with van der Waals surface area (Å²) in [6, 6.07) is 4.18. The molecule has 2 rings (SSSR count). The molecule has 1 atom stereocenters. The minimum atomic E-state index is -0.563. The number of ether oxygens (including phenoxy) is 1. The Balaban J connectivity index is 2.15. The van der Waals surface area contributed by atoms with Crippen molar-refractivity contribution in [2.45, 2.75) is 12.5 Å². The van der Waals surface area contributed by atoms with E-state index in [1.54, 1.807) is 11.9 Å². The van der Waals surface area contributed by atoms with Crippen molar-refractivity contribution in [2.24, 2.45) is 0 Å². The molecule has 1 aliphatic rings. The van der Waals surface area contributed by atoms with Gasteiger partial charge in [-0.25, -0.2) is 4.39 Å². The summed E-state index contributed by atoms with van der Waals surface area (Å²) in [7, 11) is 1.70. The SMILES string of the molecule is CN(C(=O)c1ccc(N)c(F)c1)C1CCOC1. The number of nitrogens with two attached hydrogens (primary N) is 1. The highest BCUT2D eigenvalue weighted by Crippen LogP contribution is 2.17. The van der Waals surface area contributed by atoms with Crippen LogP contribution in [0.2, 0.25) is 0 Å². The van der Waals surface area contributed by atoms with Gasteiger partial charge in [0.2, 0.25) is 0 Å². The molecule has 1 heterocycles. The Labute approximate surface area is 99.2 Å². The molecule has 1 fully saturated rings. The second-order valence-electron chi connectivity index (χ2n) is 4.17. The summed E-state index contributed by atoms with van der Waals surface area (Å²) >= 11 is 0. The molecule has 0 spiro atoms. The zero-order valence-electron chi connectivity index (χ0n) is 9.65. The lowest BCUT2D eigenvalue weighted by Gasteiger charge is -2.23. The molecule has 0 aliphatic carbocycles. The number of carbonyl (C=O) groups is 1. The third-order valence-electron chi connectivity index (χ3n) is 3.02. The number of nitrogen functional groups attached to an aromatic ring is 1. The number of nitrogens with zero attached hydrogens (tertiary/aromatic N) is 1. The maximum atomic E-state index is 13.3. The Kier molecular flexibility index (Phi) is 3.28. The smallest absolute Gasteiger partial charge is 0.254 e. The number of anilines is 1. The van der Waals surface area contributed by atoms with Crippen LogP contribution in [0.25, 0.3) is 0 Å². The molecule has 1 amide bonds. The fourth-order valence-corrected chi connectivity index (χ4v) is 1.86. The van der Waals surface area contributed by atoms with Gasteiger partial charge in [-0.05, 0) is 24.6 Å². The minimum absolute atomic E-state index is 0.0494. The van der Waals surface area contributed by atoms with Gasteiger partial charge in [-0.3, -0.25) is 4.79 Å². The number of likely N-dealkylation sites (N-methyl/N-ethyl adjacent to an activating group) is 1. The molecule has 1 aliphatic heterocycles. The Morgan fingerprint density at radius 3 is 2.94 bits per heavy atom. The molecule has 0 aromatic heterocycles. The predicted octanol–water partition coefficient (Wildman–Crippen LogP) is 1.27. The van der Waals surface area contributed by atoms with Gasteiger partial charge in [0.1, 0.15) is 5.82 Å². The maximum Gasteiger partial charge on any atom is 0.254 e. The third kappa shape index (κ3) is 2.39. The van der Waals surface area contributed by atoms with Gasteiger partial charge < -0.3 is 15.4 Å². The van der Waals surface area contributed by atoms with Gasteiger partial charge in [0, 0.05) is 19.2 Å². The van der Waals surface area contributed by atoms with E-state index in [0.29, 0.717) is 18.8 Å². The molecule has 1 unspecified atom stereocenters. The first-order valence-corrected chi connectivity index (χ1v) is 5.49. The largest absolute Gasteiger partial charge is 0.396 e. The number of benzene rings is 1. The zero-order chi connectivity index (χ0) is 12.4. The normalized spacial score (nSPS) is 19.3. The molecular formula is C12H15FN2O2. The van der Waals surface area contributed by atoms with Crippen LogP contribution in [0, 0.1) is 5.82 Å². The molecule has 0 bridgehead atoms. The molecule has 1 saturated heterocycles. The highest BCUT2D eigenvalue weighted by atomic mass is 19.1. The van der Waals surface area contributed by atoms with Gasteiger partial charge in [0.25, 0.3) is 5.91 Å². The van der Waals surface area contributed by atoms with E-state index in [9.17, 15) is 9.18 Å².